The maximum atomic E-state index is 13.1. The number of aromatic carboxylic acids is 1. The quantitative estimate of drug-likeness (QED) is 0.473. The molecule has 2 heterocycles. The van der Waals surface area contributed by atoms with Gasteiger partial charge in [-0.3, -0.25) is 0 Å². The lowest BCUT2D eigenvalue weighted by atomic mass is 10.0. The first kappa shape index (κ1) is 21.9. The highest BCUT2D eigenvalue weighted by molar-refractivity contribution is 7.17. The van der Waals surface area contributed by atoms with E-state index < -0.39 is 17.8 Å². The molecule has 7 nitrogen and oxygen atoms in total. The zero-order valence-corrected chi connectivity index (χ0v) is 17.1. The molecular formula is C19H20F3N3O4S. The summed E-state index contributed by atoms with van der Waals surface area (Å²) in [7, 11) is 1.80. The molecule has 30 heavy (non-hydrogen) atoms. The van der Waals surface area contributed by atoms with Crippen molar-refractivity contribution in [3.05, 3.63) is 34.5 Å². The van der Waals surface area contributed by atoms with E-state index in [9.17, 15) is 18.0 Å². The molecule has 2 aromatic heterocycles. The second-order valence-electron chi connectivity index (χ2n) is 6.63. The third-order valence-corrected chi connectivity index (χ3v) is 5.50. The fourth-order valence-electron chi connectivity index (χ4n) is 2.99. The van der Waals surface area contributed by atoms with Crippen molar-refractivity contribution in [2.24, 2.45) is 0 Å². The first-order valence-electron chi connectivity index (χ1n) is 9.23. The molecular weight excluding hydrogens is 423 g/mol. The van der Waals surface area contributed by atoms with Crippen molar-refractivity contribution < 1.29 is 32.3 Å². The number of carbonyl (C=O) groups is 1. The molecule has 0 aliphatic heterocycles. The highest BCUT2D eigenvalue weighted by Crippen LogP contribution is 2.38. The van der Waals surface area contributed by atoms with Gasteiger partial charge in [-0.2, -0.15) is 13.2 Å². The molecule has 0 radical (unpaired) electrons. The van der Waals surface area contributed by atoms with Crippen LogP contribution in [0.15, 0.2) is 22.9 Å². The molecule has 0 saturated carbocycles. The van der Waals surface area contributed by atoms with Crippen LogP contribution in [0, 0.1) is 0 Å². The Kier molecular flexibility index (Phi) is 6.49. The first-order chi connectivity index (χ1) is 14.2. The van der Waals surface area contributed by atoms with Gasteiger partial charge in [0, 0.05) is 19.2 Å². The lowest BCUT2D eigenvalue weighted by molar-refractivity contribution is -0.141. The Morgan fingerprint density at radius 2 is 2.13 bits per heavy atom. The van der Waals surface area contributed by atoms with Crippen LogP contribution < -0.4 is 9.64 Å². The molecule has 0 unspecified atom stereocenters. The fourth-order valence-corrected chi connectivity index (χ4v) is 3.73. The number of benzene rings is 1. The van der Waals surface area contributed by atoms with Crippen molar-refractivity contribution in [3.63, 3.8) is 0 Å². The summed E-state index contributed by atoms with van der Waals surface area (Å²) in [6, 6.07) is 2.84. The Hall–Kier alpha value is -2.82. The van der Waals surface area contributed by atoms with Crippen LogP contribution in [0.5, 0.6) is 5.75 Å². The number of thiazole rings is 1. The summed E-state index contributed by atoms with van der Waals surface area (Å²) >= 11 is 1.08. The van der Waals surface area contributed by atoms with Crippen molar-refractivity contribution in [1.29, 1.82) is 0 Å². The molecule has 0 aliphatic carbocycles. The smallest absolute Gasteiger partial charge is 0.437 e. The minimum Gasteiger partial charge on any atom is -0.493 e. The van der Waals surface area contributed by atoms with Crippen molar-refractivity contribution in [2.45, 2.75) is 32.4 Å². The molecule has 0 fully saturated rings. The number of halogens is 3. The van der Waals surface area contributed by atoms with Gasteiger partial charge in [-0.1, -0.05) is 29.8 Å². The van der Waals surface area contributed by atoms with Crippen molar-refractivity contribution in [3.8, 4) is 5.75 Å². The van der Waals surface area contributed by atoms with E-state index in [4.69, 9.17) is 14.4 Å². The minimum absolute atomic E-state index is 0.0731. The summed E-state index contributed by atoms with van der Waals surface area (Å²) in [5.41, 5.74) is -0.368. The van der Waals surface area contributed by atoms with E-state index in [1.165, 1.54) is 18.3 Å². The minimum atomic E-state index is -4.59. The Morgan fingerprint density at radius 3 is 2.77 bits per heavy atom. The molecule has 0 saturated heterocycles. The maximum absolute atomic E-state index is 13.1. The zero-order chi connectivity index (χ0) is 21.9. The molecule has 0 atom stereocenters. The third kappa shape index (κ3) is 4.66. The molecule has 0 bridgehead atoms. The van der Waals surface area contributed by atoms with E-state index >= 15 is 0 Å². The summed E-state index contributed by atoms with van der Waals surface area (Å²) in [5, 5.41) is 12.7. The summed E-state index contributed by atoms with van der Waals surface area (Å²) in [4.78, 5) is 17.0. The van der Waals surface area contributed by atoms with Crippen LogP contribution in [0.25, 0.3) is 11.0 Å². The van der Waals surface area contributed by atoms with Crippen molar-refractivity contribution >= 4 is 33.4 Å². The monoisotopic (exact) mass is 443 g/mol. The summed E-state index contributed by atoms with van der Waals surface area (Å²) in [6.07, 6.45) is -1.47. The number of hydrogen-bond acceptors (Lipinski definition) is 7. The number of ether oxygens (including phenoxy) is 1. The van der Waals surface area contributed by atoms with Crippen LogP contribution in [-0.2, 0) is 12.6 Å². The van der Waals surface area contributed by atoms with Gasteiger partial charge >= 0.3 is 12.1 Å². The Morgan fingerprint density at radius 1 is 1.37 bits per heavy atom. The molecule has 0 spiro atoms. The molecule has 1 N–H and O–H groups in total. The molecule has 162 valence electrons. The van der Waals surface area contributed by atoms with Gasteiger partial charge in [-0.05, 0) is 25.0 Å². The first-order valence-corrected chi connectivity index (χ1v) is 10.1. The second kappa shape index (κ2) is 8.90. The van der Waals surface area contributed by atoms with Crippen LogP contribution in [-0.4, -0.2) is 41.4 Å². The average molecular weight is 443 g/mol. The van der Waals surface area contributed by atoms with Crippen LogP contribution >= 0.6 is 11.3 Å². The van der Waals surface area contributed by atoms with Crippen molar-refractivity contribution in [1.82, 2.24) is 10.1 Å². The van der Waals surface area contributed by atoms with E-state index in [0.29, 0.717) is 48.9 Å². The number of fused-ring (bicyclic) bond motifs is 1. The number of nitrogens with zero attached hydrogens (tertiary/aromatic N) is 3. The van der Waals surface area contributed by atoms with Gasteiger partial charge in [0.15, 0.2) is 16.4 Å². The number of carboxylic acids is 1. The molecule has 0 aliphatic rings. The van der Waals surface area contributed by atoms with Crippen LogP contribution in [0.4, 0.5) is 18.3 Å². The van der Waals surface area contributed by atoms with Gasteiger partial charge in [0.05, 0.1) is 18.2 Å². The Labute approximate surface area is 174 Å². The summed E-state index contributed by atoms with van der Waals surface area (Å²) in [6.45, 7) is 2.81. The standard InChI is InChI=1S/C19H20F3N3O4S/c1-3-5-11-13(7-6-12-15(11)29-24-16(12)19(20,21)22)28-9-4-8-25(2)18-23-10-14(30-18)17(26)27/h6-7,10H,3-5,8-9H2,1-2H3,(H,26,27). The van der Waals surface area contributed by atoms with Gasteiger partial charge in [-0.15, -0.1) is 0 Å². The van der Waals surface area contributed by atoms with E-state index in [1.807, 2.05) is 11.8 Å². The second-order valence-corrected chi connectivity index (χ2v) is 7.64. The normalized spacial score (nSPS) is 11.8. The highest BCUT2D eigenvalue weighted by Gasteiger charge is 2.37. The van der Waals surface area contributed by atoms with E-state index in [0.717, 1.165) is 11.3 Å². The van der Waals surface area contributed by atoms with Gasteiger partial charge in [0.25, 0.3) is 0 Å². The predicted octanol–water partition coefficient (Wildman–Crippen LogP) is 4.86. The summed E-state index contributed by atoms with van der Waals surface area (Å²) in [5.74, 6) is -0.547. The molecule has 1 aromatic carbocycles. The number of aryl methyl sites for hydroxylation is 1. The number of aromatic nitrogens is 2. The number of anilines is 1. The van der Waals surface area contributed by atoms with Gasteiger partial charge in [0.1, 0.15) is 10.6 Å². The van der Waals surface area contributed by atoms with Gasteiger partial charge < -0.3 is 19.3 Å². The highest BCUT2D eigenvalue weighted by atomic mass is 32.1. The Balaban J connectivity index is 1.66. The van der Waals surface area contributed by atoms with E-state index in [-0.39, 0.29) is 15.8 Å². The number of carboxylic acid groups (broad SMARTS) is 1. The number of rotatable bonds is 9. The predicted molar refractivity (Wildman–Crippen MR) is 105 cm³/mol. The number of alkyl halides is 3. The van der Waals surface area contributed by atoms with Crippen molar-refractivity contribution in [2.75, 3.05) is 25.1 Å². The third-order valence-electron chi connectivity index (χ3n) is 4.40. The lowest BCUT2D eigenvalue weighted by Gasteiger charge is -2.16. The molecule has 11 heteroatoms. The fraction of sp³-hybridized carbons (Fsp3) is 0.421. The van der Waals surface area contributed by atoms with Gasteiger partial charge in [-0.25, -0.2) is 9.78 Å². The summed E-state index contributed by atoms with van der Waals surface area (Å²) < 4.78 is 50.1. The van der Waals surface area contributed by atoms with Crippen LogP contribution in [0.1, 0.15) is 40.7 Å². The zero-order valence-electron chi connectivity index (χ0n) is 16.3. The van der Waals surface area contributed by atoms with Crippen LogP contribution in [0.2, 0.25) is 0 Å². The average Bonchev–Trinajstić information content (AvgIpc) is 3.33. The lowest BCUT2D eigenvalue weighted by Crippen LogP contribution is -2.20. The molecule has 3 aromatic rings. The maximum Gasteiger partial charge on any atom is 0.437 e. The van der Waals surface area contributed by atoms with Gasteiger partial charge in [0.2, 0.25) is 0 Å². The number of hydrogen-bond donors (Lipinski definition) is 1. The largest absolute Gasteiger partial charge is 0.493 e. The van der Waals surface area contributed by atoms with E-state index in [2.05, 4.69) is 10.1 Å². The SMILES string of the molecule is CCCc1c(OCCCN(C)c2ncc(C(=O)O)s2)ccc2c(C(F)(F)F)noc12. The van der Waals surface area contributed by atoms with Crippen LogP contribution in [0.3, 0.4) is 0 Å². The Bertz CT molecular complexity index is 1030. The topological polar surface area (TPSA) is 88.7 Å². The molecule has 3 rings (SSSR count). The molecule has 0 amide bonds. The van der Waals surface area contributed by atoms with E-state index in [1.54, 1.807) is 7.05 Å².